The molecule has 18 heavy (non-hydrogen) atoms. The summed E-state index contributed by atoms with van der Waals surface area (Å²) in [6, 6.07) is 1.73. The van der Waals surface area contributed by atoms with Crippen LogP contribution >= 0.6 is 0 Å². The van der Waals surface area contributed by atoms with Gasteiger partial charge in [-0.3, -0.25) is 4.79 Å². The molecule has 0 radical (unpaired) electrons. The summed E-state index contributed by atoms with van der Waals surface area (Å²) in [5, 5.41) is 6.39. The molecule has 0 bridgehead atoms. The molecule has 2 heterocycles. The molecule has 1 fully saturated rings. The van der Waals surface area contributed by atoms with E-state index >= 15 is 0 Å². The van der Waals surface area contributed by atoms with Gasteiger partial charge in [-0.2, -0.15) is 0 Å². The van der Waals surface area contributed by atoms with Gasteiger partial charge in [0.25, 0.3) is 5.91 Å². The molecule has 0 unspecified atom stereocenters. The van der Waals surface area contributed by atoms with Crippen LogP contribution in [0.2, 0.25) is 0 Å². The molecule has 1 amide bonds. The normalized spacial score (nSPS) is 18.4. The van der Waals surface area contributed by atoms with E-state index in [9.17, 15) is 4.79 Å². The lowest BCUT2D eigenvalue weighted by Gasteiger charge is -2.34. The highest BCUT2D eigenvalue weighted by molar-refractivity contribution is 5.92. The average molecular weight is 248 g/mol. The number of carbonyl (C=O) groups is 1. The lowest BCUT2D eigenvalue weighted by atomic mass is 9.90. The van der Waals surface area contributed by atoms with Crippen molar-refractivity contribution in [2.24, 2.45) is 0 Å². The zero-order valence-corrected chi connectivity index (χ0v) is 11.2. The van der Waals surface area contributed by atoms with E-state index in [1.54, 1.807) is 13.0 Å². The molecular formula is C13H20N4O. The van der Waals surface area contributed by atoms with Gasteiger partial charge in [0.1, 0.15) is 11.5 Å². The van der Waals surface area contributed by atoms with Gasteiger partial charge >= 0.3 is 0 Å². The summed E-state index contributed by atoms with van der Waals surface area (Å²) < 4.78 is 0. The number of aryl methyl sites for hydroxylation is 2. The number of hydrogen-bond acceptors (Lipinski definition) is 4. The molecule has 1 aromatic rings. The van der Waals surface area contributed by atoms with Crippen molar-refractivity contribution in [2.75, 3.05) is 13.1 Å². The Kier molecular flexibility index (Phi) is 3.61. The van der Waals surface area contributed by atoms with Gasteiger partial charge in [-0.25, -0.2) is 9.97 Å². The molecule has 98 valence electrons. The predicted molar refractivity (Wildman–Crippen MR) is 69.5 cm³/mol. The molecule has 1 saturated heterocycles. The molecule has 1 aromatic heterocycles. The van der Waals surface area contributed by atoms with E-state index < -0.39 is 0 Å². The van der Waals surface area contributed by atoms with Gasteiger partial charge in [-0.1, -0.05) is 0 Å². The molecular weight excluding hydrogens is 228 g/mol. The maximum atomic E-state index is 12.2. The van der Waals surface area contributed by atoms with E-state index in [4.69, 9.17) is 0 Å². The monoisotopic (exact) mass is 248 g/mol. The number of hydrogen-bond donors (Lipinski definition) is 2. The number of piperidine rings is 1. The number of nitrogens with one attached hydrogen (secondary N) is 2. The van der Waals surface area contributed by atoms with Crippen LogP contribution < -0.4 is 10.6 Å². The van der Waals surface area contributed by atoms with Gasteiger partial charge in [0.15, 0.2) is 0 Å². The summed E-state index contributed by atoms with van der Waals surface area (Å²) in [5.74, 6) is 0.531. The Morgan fingerprint density at radius 1 is 1.33 bits per heavy atom. The van der Waals surface area contributed by atoms with Crippen LogP contribution in [0.4, 0.5) is 0 Å². The topological polar surface area (TPSA) is 66.9 Å². The summed E-state index contributed by atoms with van der Waals surface area (Å²) in [6.45, 7) is 7.65. The highest BCUT2D eigenvalue weighted by Crippen LogP contribution is 2.17. The van der Waals surface area contributed by atoms with Gasteiger partial charge in [0.05, 0.1) is 0 Å². The number of amides is 1. The minimum Gasteiger partial charge on any atom is -0.345 e. The Labute approximate surface area is 107 Å². The maximum absolute atomic E-state index is 12.2. The highest BCUT2D eigenvalue weighted by atomic mass is 16.2. The molecule has 2 rings (SSSR count). The van der Waals surface area contributed by atoms with E-state index in [-0.39, 0.29) is 11.4 Å². The summed E-state index contributed by atoms with van der Waals surface area (Å²) in [7, 11) is 0. The largest absolute Gasteiger partial charge is 0.345 e. The van der Waals surface area contributed by atoms with Gasteiger partial charge in [0, 0.05) is 11.2 Å². The van der Waals surface area contributed by atoms with Crippen molar-refractivity contribution < 1.29 is 4.79 Å². The fraction of sp³-hybridized carbons (Fsp3) is 0.615. The van der Waals surface area contributed by atoms with E-state index in [1.807, 2.05) is 6.92 Å². The number of carbonyl (C=O) groups excluding carboxylic acids is 1. The third-order valence-electron chi connectivity index (χ3n) is 3.32. The second kappa shape index (κ2) is 5.02. The minimum absolute atomic E-state index is 0.104. The average Bonchev–Trinajstić information content (AvgIpc) is 2.28. The molecule has 0 aromatic carbocycles. The van der Waals surface area contributed by atoms with Gasteiger partial charge in [-0.05, 0) is 52.8 Å². The SMILES string of the molecule is Cc1cc(C(=O)NC2(C)CCNCC2)nc(C)n1. The van der Waals surface area contributed by atoms with Crippen LogP contribution in [-0.2, 0) is 0 Å². The second-order valence-electron chi connectivity index (χ2n) is 5.21. The van der Waals surface area contributed by atoms with E-state index in [2.05, 4.69) is 27.5 Å². The quantitative estimate of drug-likeness (QED) is 0.818. The first-order valence-electron chi connectivity index (χ1n) is 6.34. The van der Waals surface area contributed by atoms with Crippen molar-refractivity contribution in [2.45, 2.75) is 39.2 Å². The fourth-order valence-electron chi connectivity index (χ4n) is 2.27. The zero-order valence-electron chi connectivity index (χ0n) is 11.2. The molecule has 5 nitrogen and oxygen atoms in total. The van der Waals surface area contributed by atoms with Crippen LogP contribution in [0.1, 0.15) is 41.8 Å². The standard InChI is InChI=1S/C13H20N4O/c1-9-8-11(16-10(2)15-9)12(18)17-13(3)4-6-14-7-5-13/h8,14H,4-7H2,1-3H3,(H,17,18). The van der Waals surface area contributed by atoms with Crippen molar-refractivity contribution >= 4 is 5.91 Å². The molecule has 0 spiro atoms. The Balaban J connectivity index is 2.11. The number of nitrogens with zero attached hydrogens (tertiary/aromatic N) is 2. The first-order chi connectivity index (χ1) is 8.48. The Morgan fingerprint density at radius 3 is 2.61 bits per heavy atom. The summed E-state index contributed by atoms with van der Waals surface area (Å²) in [6.07, 6.45) is 1.89. The minimum atomic E-state index is -0.130. The third kappa shape index (κ3) is 3.04. The predicted octanol–water partition coefficient (Wildman–Crippen LogP) is 0.965. The van der Waals surface area contributed by atoms with E-state index in [1.165, 1.54) is 0 Å². The van der Waals surface area contributed by atoms with Gasteiger partial charge in [-0.15, -0.1) is 0 Å². The summed E-state index contributed by atoms with van der Waals surface area (Å²) in [4.78, 5) is 20.6. The maximum Gasteiger partial charge on any atom is 0.270 e. The summed E-state index contributed by atoms with van der Waals surface area (Å²) >= 11 is 0. The third-order valence-corrected chi connectivity index (χ3v) is 3.32. The van der Waals surface area contributed by atoms with Crippen LogP contribution in [0, 0.1) is 13.8 Å². The van der Waals surface area contributed by atoms with Gasteiger partial charge in [0.2, 0.25) is 0 Å². The molecule has 0 saturated carbocycles. The van der Waals surface area contributed by atoms with Crippen molar-refractivity contribution in [1.82, 2.24) is 20.6 Å². The van der Waals surface area contributed by atoms with Crippen LogP contribution in [0.5, 0.6) is 0 Å². The zero-order chi connectivity index (χ0) is 13.2. The highest BCUT2D eigenvalue weighted by Gasteiger charge is 2.29. The Hall–Kier alpha value is -1.49. The fourth-order valence-corrected chi connectivity index (χ4v) is 2.27. The van der Waals surface area contributed by atoms with Crippen LogP contribution in [-0.4, -0.2) is 34.5 Å². The molecule has 1 aliphatic heterocycles. The van der Waals surface area contributed by atoms with Crippen molar-refractivity contribution in [1.29, 1.82) is 0 Å². The second-order valence-corrected chi connectivity index (χ2v) is 5.21. The molecule has 0 aliphatic carbocycles. The van der Waals surface area contributed by atoms with Crippen molar-refractivity contribution in [3.63, 3.8) is 0 Å². The van der Waals surface area contributed by atoms with Crippen molar-refractivity contribution in [3.8, 4) is 0 Å². The first-order valence-corrected chi connectivity index (χ1v) is 6.34. The smallest absolute Gasteiger partial charge is 0.270 e. The van der Waals surface area contributed by atoms with Crippen LogP contribution in [0.3, 0.4) is 0 Å². The Bertz CT molecular complexity index is 432. The number of aromatic nitrogens is 2. The van der Waals surface area contributed by atoms with Crippen LogP contribution in [0.25, 0.3) is 0 Å². The van der Waals surface area contributed by atoms with Crippen molar-refractivity contribution in [3.05, 3.63) is 23.3 Å². The molecule has 0 atom stereocenters. The van der Waals surface area contributed by atoms with Crippen LogP contribution in [0.15, 0.2) is 6.07 Å². The number of rotatable bonds is 2. The lowest BCUT2D eigenvalue weighted by molar-refractivity contribution is 0.0881. The molecule has 2 N–H and O–H groups in total. The Morgan fingerprint density at radius 2 is 2.00 bits per heavy atom. The van der Waals surface area contributed by atoms with Gasteiger partial charge < -0.3 is 10.6 Å². The molecule has 5 heteroatoms. The van der Waals surface area contributed by atoms with E-state index in [0.29, 0.717) is 11.5 Å². The summed E-state index contributed by atoms with van der Waals surface area (Å²) in [5.41, 5.74) is 1.15. The molecule has 1 aliphatic rings. The lowest BCUT2D eigenvalue weighted by Crippen LogP contribution is -2.52. The first kappa shape index (κ1) is 13.0. The van der Waals surface area contributed by atoms with E-state index in [0.717, 1.165) is 31.6 Å².